The molecule has 0 aliphatic rings. The molecule has 0 saturated carbocycles. The summed E-state index contributed by atoms with van der Waals surface area (Å²) < 4.78 is 20.0. The molecule has 0 spiro atoms. The van der Waals surface area contributed by atoms with Crippen LogP contribution in [0, 0.1) is 12.7 Å². The van der Waals surface area contributed by atoms with Crippen LogP contribution in [-0.4, -0.2) is 6.54 Å². The highest BCUT2D eigenvalue weighted by Crippen LogP contribution is 2.27. The maximum absolute atomic E-state index is 13.5. The monoisotopic (exact) mass is 325 g/mol. The molecule has 2 aromatic rings. The van der Waals surface area contributed by atoms with Crippen LogP contribution in [0.3, 0.4) is 0 Å². The van der Waals surface area contributed by atoms with Gasteiger partial charge in [0.1, 0.15) is 17.3 Å². The number of halogens is 2. The van der Waals surface area contributed by atoms with E-state index in [1.54, 1.807) is 0 Å². The predicted molar refractivity (Wildman–Crippen MR) is 77.7 cm³/mol. The molecule has 4 heteroatoms. The largest absolute Gasteiger partial charge is 0.464 e. The van der Waals surface area contributed by atoms with E-state index in [1.165, 1.54) is 12.1 Å². The summed E-state index contributed by atoms with van der Waals surface area (Å²) in [7, 11) is 0. The Balaban J connectivity index is 2.36. The first-order valence-corrected chi connectivity index (χ1v) is 7.15. The van der Waals surface area contributed by atoms with Crippen LogP contribution in [0.2, 0.25) is 0 Å². The predicted octanol–water partition coefficient (Wildman–Crippen LogP) is 4.58. The van der Waals surface area contributed by atoms with Crippen LogP contribution in [0.15, 0.2) is 39.2 Å². The lowest BCUT2D eigenvalue weighted by atomic mass is 10.0. The van der Waals surface area contributed by atoms with Crippen molar-refractivity contribution in [2.75, 3.05) is 6.54 Å². The molecule has 0 bridgehead atoms. The average molecular weight is 326 g/mol. The van der Waals surface area contributed by atoms with Crippen LogP contribution in [0.5, 0.6) is 0 Å². The molecule has 1 N–H and O–H groups in total. The van der Waals surface area contributed by atoms with Gasteiger partial charge in [0.15, 0.2) is 0 Å². The number of hydrogen-bond donors (Lipinski definition) is 1. The van der Waals surface area contributed by atoms with Gasteiger partial charge in [-0.05, 0) is 55.8 Å². The Bertz CT molecular complexity index is 533. The van der Waals surface area contributed by atoms with E-state index in [0.29, 0.717) is 0 Å². The van der Waals surface area contributed by atoms with Gasteiger partial charge in [0.2, 0.25) is 0 Å². The van der Waals surface area contributed by atoms with Crippen molar-refractivity contribution in [2.45, 2.75) is 26.3 Å². The van der Waals surface area contributed by atoms with Gasteiger partial charge in [-0.2, -0.15) is 0 Å². The zero-order valence-electron chi connectivity index (χ0n) is 11.0. The van der Waals surface area contributed by atoms with Crippen molar-refractivity contribution in [3.05, 3.63) is 57.7 Å². The third kappa shape index (κ3) is 3.67. The minimum atomic E-state index is -0.254. The van der Waals surface area contributed by atoms with E-state index < -0.39 is 0 Å². The smallest absolute Gasteiger partial charge is 0.125 e. The number of aryl methyl sites for hydroxylation is 1. The van der Waals surface area contributed by atoms with Crippen molar-refractivity contribution in [2.24, 2.45) is 0 Å². The summed E-state index contributed by atoms with van der Waals surface area (Å²) in [5.74, 6) is 1.41. The molecule has 19 heavy (non-hydrogen) atoms. The van der Waals surface area contributed by atoms with E-state index in [0.717, 1.165) is 34.5 Å². The zero-order valence-corrected chi connectivity index (χ0v) is 12.6. The highest BCUT2D eigenvalue weighted by atomic mass is 79.9. The maximum Gasteiger partial charge on any atom is 0.125 e. The van der Waals surface area contributed by atoms with E-state index in [1.807, 2.05) is 25.1 Å². The van der Waals surface area contributed by atoms with E-state index in [9.17, 15) is 4.39 Å². The Kier molecular flexibility index (Phi) is 4.77. The lowest BCUT2D eigenvalue weighted by Gasteiger charge is -2.17. The normalized spacial score (nSPS) is 12.6. The van der Waals surface area contributed by atoms with Gasteiger partial charge in [-0.3, -0.25) is 0 Å². The molecule has 1 aromatic heterocycles. The summed E-state index contributed by atoms with van der Waals surface area (Å²) in [6, 6.07) is 8.63. The van der Waals surface area contributed by atoms with Crippen LogP contribution < -0.4 is 5.32 Å². The molecule has 0 aliphatic heterocycles. The number of rotatable bonds is 5. The first kappa shape index (κ1) is 14.3. The summed E-state index contributed by atoms with van der Waals surface area (Å²) in [6.45, 7) is 4.85. The van der Waals surface area contributed by atoms with Gasteiger partial charge < -0.3 is 9.73 Å². The Hall–Kier alpha value is -1.13. The highest BCUT2D eigenvalue weighted by molar-refractivity contribution is 9.10. The molecule has 1 heterocycles. The number of nitrogens with one attached hydrogen (secondary N) is 1. The Morgan fingerprint density at radius 3 is 2.68 bits per heavy atom. The summed E-state index contributed by atoms with van der Waals surface area (Å²) in [5.41, 5.74) is 0.856. The van der Waals surface area contributed by atoms with E-state index in [-0.39, 0.29) is 11.9 Å². The van der Waals surface area contributed by atoms with Crippen LogP contribution in [0.4, 0.5) is 4.39 Å². The third-order valence-corrected chi connectivity index (χ3v) is 3.32. The van der Waals surface area contributed by atoms with E-state index in [2.05, 4.69) is 28.2 Å². The number of hydrogen-bond acceptors (Lipinski definition) is 2. The lowest BCUT2D eigenvalue weighted by Crippen LogP contribution is -2.23. The summed E-state index contributed by atoms with van der Waals surface area (Å²) in [6.07, 6.45) is 1.01. The zero-order chi connectivity index (χ0) is 13.8. The van der Waals surface area contributed by atoms with Crippen LogP contribution in [-0.2, 0) is 0 Å². The van der Waals surface area contributed by atoms with Crippen molar-refractivity contribution in [1.29, 1.82) is 0 Å². The SMILES string of the molecule is CCCNC(c1cc(F)cc(Br)c1)c1ccc(C)o1. The quantitative estimate of drug-likeness (QED) is 0.870. The van der Waals surface area contributed by atoms with E-state index >= 15 is 0 Å². The highest BCUT2D eigenvalue weighted by Gasteiger charge is 2.18. The van der Waals surface area contributed by atoms with Crippen molar-refractivity contribution in [1.82, 2.24) is 5.32 Å². The third-order valence-electron chi connectivity index (χ3n) is 2.86. The Labute approximate surface area is 121 Å². The Morgan fingerprint density at radius 2 is 2.11 bits per heavy atom. The molecule has 0 radical (unpaired) electrons. The van der Waals surface area contributed by atoms with Crippen molar-refractivity contribution < 1.29 is 8.81 Å². The second kappa shape index (κ2) is 6.35. The molecule has 0 aliphatic carbocycles. The van der Waals surface area contributed by atoms with Gasteiger partial charge in [0.05, 0.1) is 6.04 Å². The molecule has 102 valence electrons. The molecular weight excluding hydrogens is 309 g/mol. The fourth-order valence-electron chi connectivity index (χ4n) is 2.02. The van der Waals surface area contributed by atoms with Gasteiger partial charge in [-0.1, -0.05) is 22.9 Å². The fraction of sp³-hybridized carbons (Fsp3) is 0.333. The summed E-state index contributed by atoms with van der Waals surface area (Å²) in [4.78, 5) is 0. The Morgan fingerprint density at radius 1 is 1.32 bits per heavy atom. The minimum absolute atomic E-state index is 0.124. The first-order valence-electron chi connectivity index (χ1n) is 6.36. The molecular formula is C15H17BrFNO. The van der Waals surface area contributed by atoms with Crippen LogP contribution >= 0.6 is 15.9 Å². The standard InChI is InChI=1S/C15H17BrFNO/c1-3-6-18-15(14-5-4-10(2)19-14)11-7-12(16)9-13(17)8-11/h4-5,7-9,15,18H,3,6H2,1-2H3. The van der Waals surface area contributed by atoms with Gasteiger partial charge in [0.25, 0.3) is 0 Å². The molecule has 2 nitrogen and oxygen atoms in total. The van der Waals surface area contributed by atoms with Gasteiger partial charge in [0, 0.05) is 4.47 Å². The molecule has 1 atom stereocenters. The minimum Gasteiger partial charge on any atom is -0.464 e. The fourth-order valence-corrected chi connectivity index (χ4v) is 2.50. The van der Waals surface area contributed by atoms with Gasteiger partial charge in [-0.25, -0.2) is 4.39 Å². The second-order valence-corrected chi connectivity index (χ2v) is 5.45. The molecule has 0 amide bonds. The second-order valence-electron chi connectivity index (χ2n) is 4.54. The molecule has 1 aromatic carbocycles. The first-order chi connectivity index (χ1) is 9.10. The molecule has 0 saturated heterocycles. The van der Waals surface area contributed by atoms with Crippen LogP contribution in [0.1, 0.15) is 36.5 Å². The topological polar surface area (TPSA) is 25.2 Å². The van der Waals surface area contributed by atoms with Gasteiger partial charge in [-0.15, -0.1) is 0 Å². The summed E-state index contributed by atoms with van der Waals surface area (Å²) in [5, 5.41) is 3.39. The lowest BCUT2D eigenvalue weighted by molar-refractivity contribution is 0.429. The van der Waals surface area contributed by atoms with Crippen molar-refractivity contribution in [3.8, 4) is 0 Å². The van der Waals surface area contributed by atoms with Crippen molar-refractivity contribution in [3.63, 3.8) is 0 Å². The molecule has 0 fully saturated rings. The summed E-state index contributed by atoms with van der Waals surface area (Å²) >= 11 is 3.33. The number of furan rings is 1. The number of benzene rings is 1. The molecule has 2 rings (SSSR count). The van der Waals surface area contributed by atoms with Gasteiger partial charge >= 0.3 is 0 Å². The van der Waals surface area contributed by atoms with Crippen molar-refractivity contribution >= 4 is 15.9 Å². The maximum atomic E-state index is 13.5. The van der Waals surface area contributed by atoms with Crippen LogP contribution in [0.25, 0.3) is 0 Å². The van der Waals surface area contributed by atoms with E-state index in [4.69, 9.17) is 4.42 Å². The molecule has 1 unspecified atom stereocenters. The average Bonchev–Trinajstić information content (AvgIpc) is 2.75.